The predicted octanol–water partition coefficient (Wildman–Crippen LogP) is 3.17. The van der Waals surface area contributed by atoms with Gasteiger partial charge in [0.05, 0.1) is 30.3 Å². The van der Waals surface area contributed by atoms with Crippen molar-refractivity contribution in [2.75, 3.05) is 39.5 Å². The largest absolute Gasteiger partial charge is 0.462 e. The minimum Gasteiger partial charge on any atom is -0.462 e. The average Bonchev–Trinajstić information content (AvgIpc) is 3.28. The van der Waals surface area contributed by atoms with Gasteiger partial charge in [0.15, 0.2) is 0 Å². The summed E-state index contributed by atoms with van der Waals surface area (Å²) in [5.41, 5.74) is 3.75. The van der Waals surface area contributed by atoms with E-state index in [4.69, 9.17) is 9.47 Å². The number of hydrogen-bond acceptors (Lipinski definition) is 7. The molecule has 0 unspecified atom stereocenters. The topological polar surface area (TPSA) is 98.2 Å². The molecule has 10 heteroatoms. The van der Waals surface area contributed by atoms with E-state index in [2.05, 4.69) is 0 Å². The van der Waals surface area contributed by atoms with Crippen LogP contribution in [-0.2, 0) is 19.1 Å². The number of nitrogens with zero attached hydrogens (tertiary/aromatic N) is 3. The van der Waals surface area contributed by atoms with Crippen LogP contribution in [0.5, 0.6) is 0 Å². The SMILES string of the molecule is CCOC(=O)c1cccc(-n2c(C)cc(/C=C3/SC(=O)N(CC(=O)N4CCOCC4)C3=O)c2C)c1. The molecule has 1 aromatic heterocycles. The van der Waals surface area contributed by atoms with E-state index < -0.39 is 17.1 Å². The van der Waals surface area contributed by atoms with Gasteiger partial charge in [-0.15, -0.1) is 0 Å². The summed E-state index contributed by atoms with van der Waals surface area (Å²) in [6, 6.07) is 9.05. The van der Waals surface area contributed by atoms with E-state index in [9.17, 15) is 19.2 Å². The Labute approximate surface area is 207 Å². The van der Waals surface area contributed by atoms with Crippen LogP contribution in [0.2, 0.25) is 0 Å². The third kappa shape index (κ3) is 5.18. The second-order valence-electron chi connectivity index (χ2n) is 8.19. The minimum atomic E-state index is -0.476. The molecule has 0 atom stereocenters. The fourth-order valence-corrected chi connectivity index (χ4v) is 4.97. The molecule has 3 amide bonds. The maximum absolute atomic E-state index is 13.0. The molecule has 0 N–H and O–H groups in total. The van der Waals surface area contributed by atoms with Crippen molar-refractivity contribution in [3.63, 3.8) is 0 Å². The molecule has 0 bridgehead atoms. The molecule has 0 saturated carbocycles. The fourth-order valence-electron chi connectivity index (χ4n) is 4.14. The second kappa shape index (κ2) is 10.5. The smallest absolute Gasteiger partial charge is 0.338 e. The Hall–Kier alpha value is -3.37. The Balaban J connectivity index is 1.56. The van der Waals surface area contributed by atoms with Crippen LogP contribution in [0.4, 0.5) is 4.79 Å². The Morgan fingerprint density at radius 2 is 1.89 bits per heavy atom. The standard InChI is InChI=1S/C25H27N3O6S/c1-4-34-24(31)18-6-5-7-20(13-18)28-16(2)12-19(17(28)3)14-21-23(30)27(25(32)35-21)15-22(29)26-8-10-33-11-9-26/h5-7,12-14H,4,8-11,15H2,1-3H3/b21-14+. The Bertz CT molecular complexity index is 1210. The van der Waals surface area contributed by atoms with Gasteiger partial charge in [-0.1, -0.05) is 6.07 Å². The van der Waals surface area contributed by atoms with E-state index in [1.54, 1.807) is 36.1 Å². The molecule has 4 rings (SSSR count). The molecule has 2 aromatic rings. The summed E-state index contributed by atoms with van der Waals surface area (Å²) in [7, 11) is 0. The van der Waals surface area contributed by atoms with E-state index in [1.165, 1.54) is 0 Å². The van der Waals surface area contributed by atoms with Gasteiger partial charge in [-0.2, -0.15) is 0 Å². The van der Waals surface area contributed by atoms with Gasteiger partial charge in [-0.25, -0.2) is 4.79 Å². The minimum absolute atomic E-state index is 0.267. The first-order valence-electron chi connectivity index (χ1n) is 11.4. The van der Waals surface area contributed by atoms with Crippen LogP contribution in [0.3, 0.4) is 0 Å². The Morgan fingerprint density at radius 1 is 1.14 bits per heavy atom. The Morgan fingerprint density at radius 3 is 2.60 bits per heavy atom. The number of aromatic nitrogens is 1. The first kappa shape index (κ1) is 24.7. The lowest BCUT2D eigenvalue weighted by atomic mass is 10.2. The number of imide groups is 1. The molecule has 2 fully saturated rings. The monoisotopic (exact) mass is 497 g/mol. The molecule has 9 nitrogen and oxygen atoms in total. The lowest BCUT2D eigenvalue weighted by molar-refractivity contribution is -0.139. The highest BCUT2D eigenvalue weighted by molar-refractivity contribution is 8.18. The highest BCUT2D eigenvalue weighted by Crippen LogP contribution is 2.34. The zero-order chi connectivity index (χ0) is 25.1. The maximum Gasteiger partial charge on any atom is 0.338 e. The van der Waals surface area contributed by atoms with Crippen LogP contribution in [0.1, 0.15) is 34.2 Å². The van der Waals surface area contributed by atoms with Gasteiger partial charge in [-0.05, 0) is 68.4 Å². The summed E-state index contributed by atoms with van der Waals surface area (Å²) in [5.74, 6) is -1.13. The van der Waals surface area contributed by atoms with Gasteiger partial charge in [0.25, 0.3) is 11.1 Å². The van der Waals surface area contributed by atoms with E-state index in [0.717, 1.165) is 39.3 Å². The second-order valence-corrected chi connectivity index (χ2v) is 9.19. The van der Waals surface area contributed by atoms with Crippen LogP contribution in [0, 0.1) is 13.8 Å². The molecular weight excluding hydrogens is 470 g/mol. The third-order valence-electron chi connectivity index (χ3n) is 5.90. The molecular formula is C25H27N3O6S. The van der Waals surface area contributed by atoms with Gasteiger partial charge in [-0.3, -0.25) is 19.3 Å². The molecule has 2 saturated heterocycles. The summed E-state index contributed by atoms with van der Waals surface area (Å²) in [6.07, 6.45) is 1.68. The number of thioether (sulfide) groups is 1. The molecule has 0 spiro atoms. The summed E-state index contributed by atoms with van der Waals surface area (Å²) in [6.45, 7) is 7.41. The summed E-state index contributed by atoms with van der Waals surface area (Å²) in [5, 5.41) is -0.459. The van der Waals surface area contributed by atoms with Crippen LogP contribution in [0.15, 0.2) is 35.2 Å². The Kier molecular flexibility index (Phi) is 7.42. The zero-order valence-corrected chi connectivity index (χ0v) is 20.7. The van der Waals surface area contributed by atoms with Gasteiger partial charge < -0.3 is 18.9 Å². The normalized spacial score (nSPS) is 17.4. The van der Waals surface area contributed by atoms with E-state index in [0.29, 0.717) is 38.5 Å². The lowest BCUT2D eigenvalue weighted by Gasteiger charge is -2.28. The highest BCUT2D eigenvalue weighted by atomic mass is 32.2. The zero-order valence-electron chi connectivity index (χ0n) is 19.9. The van der Waals surface area contributed by atoms with Crippen molar-refractivity contribution < 1.29 is 28.7 Å². The van der Waals surface area contributed by atoms with E-state index >= 15 is 0 Å². The van der Waals surface area contributed by atoms with Crippen LogP contribution in [0.25, 0.3) is 11.8 Å². The van der Waals surface area contributed by atoms with Gasteiger partial charge in [0, 0.05) is 30.2 Å². The van der Waals surface area contributed by atoms with E-state index in [1.807, 2.05) is 30.5 Å². The van der Waals surface area contributed by atoms with Crippen molar-refractivity contribution in [3.05, 3.63) is 57.8 Å². The fraction of sp³-hybridized carbons (Fsp3) is 0.360. The van der Waals surface area contributed by atoms with Crippen LogP contribution in [-0.4, -0.2) is 76.8 Å². The molecule has 0 radical (unpaired) electrons. The van der Waals surface area contributed by atoms with Crippen molar-refractivity contribution in [3.8, 4) is 5.69 Å². The number of carbonyl (C=O) groups excluding carboxylic acids is 4. The van der Waals surface area contributed by atoms with Gasteiger partial charge in [0.1, 0.15) is 6.54 Å². The van der Waals surface area contributed by atoms with E-state index in [-0.39, 0.29) is 17.4 Å². The first-order valence-corrected chi connectivity index (χ1v) is 12.2. The molecule has 184 valence electrons. The number of ether oxygens (including phenoxy) is 2. The van der Waals surface area contributed by atoms with Crippen molar-refractivity contribution in [2.45, 2.75) is 20.8 Å². The number of benzene rings is 1. The van der Waals surface area contributed by atoms with Gasteiger partial charge in [0.2, 0.25) is 5.91 Å². The lowest BCUT2D eigenvalue weighted by Crippen LogP contribution is -2.46. The molecule has 0 aliphatic carbocycles. The van der Waals surface area contributed by atoms with Crippen LogP contribution >= 0.6 is 11.8 Å². The molecule has 3 heterocycles. The van der Waals surface area contributed by atoms with Gasteiger partial charge >= 0.3 is 5.97 Å². The van der Waals surface area contributed by atoms with Crippen molar-refractivity contribution in [1.29, 1.82) is 0 Å². The number of amides is 3. The van der Waals surface area contributed by atoms with Crippen molar-refractivity contribution in [1.82, 2.24) is 14.4 Å². The summed E-state index contributed by atoms with van der Waals surface area (Å²) in [4.78, 5) is 53.0. The number of carbonyl (C=O) groups is 4. The predicted molar refractivity (Wildman–Crippen MR) is 131 cm³/mol. The molecule has 2 aliphatic rings. The number of morpholine rings is 1. The van der Waals surface area contributed by atoms with Crippen molar-refractivity contribution in [2.24, 2.45) is 0 Å². The summed E-state index contributed by atoms with van der Waals surface area (Å²) >= 11 is 0.829. The number of aryl methyl sites for hydroxylation is 1. The number of hydrogen-bond donors (Lipinski definition) is 0. The quantitative estimate of drug-likeness (QED) is 0.447. The number of rotatable bonds is 6. The highest BCUT2D eigenvalue weighted by Gasteiger charge is 2.37. The molecule has 1 aromatic carbocycles. The molecule has 35 heavy (non-hydrogen) atoms. The van der Waals surface area contributed by atoms with Crippen LogP contribution < -0.4 is 0 Å². The molecule has 2 aliphatic heterocycles. The van der Waals surface area contributed by atoms with Crippen molar-refractivity contribution >= 4 is 40.9 Å². The number of esters is 1. The maximum atomic E-state index is 13.0. The third-order valence-corrected chi connectivity index (χ3v) is 6.81. The summed E-state index contributed by atoms with van der Waals surface area (Å²) < 4.78 is 12.3. The first-order chi connectivity index (χ1) is 16.8. The average molecular weight is 498 g/mol.